The number of aliphatic carboxylic acids is 1. The van der Waals surface area contributed by atoms with Crippen molar-refractivity contribution >= 4 is 5.97 Å². The molecule has 0 radical (unpaired) electrons. The van der Waals surface area contributed by atoms with Crippen molar-refractivity contribution in [3.63, 3.8) is 0 Å². The second kappa shape index (κ2) is 5.71. The highest BCUT2D eigenvalue weighted by Gasteiger charge is 2.12. The van der Waals surface area contributed by atoms with E-state index in [1.165, 1.54) is 5.56 Å². The summed E-state index contributed by atoms with van der Waals surface area (Å²) in [6.45, 7) is 6.93. The zero-order chi connectivity index (χ0) is 12.9. The average Bonchev–Trinajstić information content (AvgIpc) is 2.23. The first kappa shape index (κ1) is 13.6. The predicted octanol–water partition coefficient (Wildman–Crippen LogP) is 3.23. The van der Waals surface area contributed by atoms with Crippen LogP contribution >= 0.6 is 0 Å². The molecule has 0 fully saturated rings. The largest absolute Gasteiger partial charge is 0.494 e. The summed E-state index contributed by atoms with van der Waals surface area (Å²) in [6.07, 6.45) is 0.691. The predicted molar refractivity (Wildman–Crippen MR) is 67.5 cm³/mol. The van der Waals surface area contributed by atoms with Gasteiger partial charge in [0, 0.05) is 6.42 Å². The first-order valence-electron chi connectivity index (χ1n) is 5.85. The maximum Gasteiger partial charge on any atom is 0.303 e. The number of ether oxygens (including phenoxy) is 1. The van der Waals surface area contributed by atoms with Crippen LogP contribution in [0, 0.1) is 0 Å². The third-order valence-electron chi connectivity index (χ3n) is 2.52. The lowest BCUT2D eigenvalue weighted by molar-refractivity contribution is -0.137. The van der Waals surface area contributed by atoms with Crippen LogP contribution in [-0.2, 0) is 10.2 Å². The molecule has 0 saturated carbocycles. The molecule has 0 aliphatic carbocycles. The number of hydrogen-bond acceptors (Lipinski definition) is 2. The van der Waals surface area contributed by atoms with Gasteiger partial charge in [0.2, 0.25) is 0 Å². The zero-order valence-electron chi connectivity index (χ0n) is 10.7. The molecule has 0 aliphatic rings. The number of carboxylic acids is 1. The molecule has 1 N–H and O–H groups in total. The molecule has 1 rings (SSSR count). The van der Waals surface area contributed by atoms with E-state index < -0.39 is 5.97 Å². The van der Waals surface area contributed by atoms with Crippen molar-refractivity contribution in [2.24, 2.45) is 0 Å². The highest BCUT2D eigenvalue weighted by Crippen LogP contribution is 2.24. The van der Waals surface area contributed by atoms with Crippen LogP contribution in [-0.4, -0.2) is 17.7 Å². The number of rotatable bonds is 5. The van der Waals surface area contributed by atoms with E-state index in [0.717, 1.165) is 5.75 Å². The minimum atomic E-state index is -0.781. The second-order valence-corrected chi connectivity index (χ2v) is 5.12. The van der Waals surface area contributed by atoms with Crippen LogP contribution in [0.4, 0.5) is 0 Å². The van der Waals surface area contributed by atoms with Crippen LogP contribution < -0.4 is 4.74 Å². The van der Waals surface area contributed by atoms with Gasteiger partial charge in [0.1, 0.15) is 5.75 Å². The normalized spacial score (nSPS) is 11.2. The Morgan fingerprint density at radius 1 is 1.24 bits per heavy atom. The third kappa shape index (κ3) is 4.89. The summed E-state index contributed by atoms with van der Waals surface area (Å²) in [4.78, 5) is 10.3. The maximum absolute atomic E-state index is 10.3. The van der Waals surface area contributed by atoms with Crippen LogP contribution in [0.3, 0.4) is 0 Å². The van der Waals surface area contributed by atoms with E-state index in [0.29, 0.717) is 13.0 Å². The van der Waals surface area contributed by atoms with Crippen molar-refractivity contribution in [1.29, 1.82) is 0 Å². The van der Waals surface area contributed by atoms with Crippen LogP contribution in [0.25, 0.3) is 0 Å². The molecular weight excluding hydrogens is 216 g/mol. The number of carboxylic acid groups (broad SMARTS) is 1. The highest BCUT2D eigenvalue weighted by molar-refractivity contribution is 5.66. The molecule has 0 saturated heterocycles. The fraction of sp³-hybridized carbons (Fsp3) is 0.500. The van der Waals surface area contributed by atoms with E-state index in [2.05, 4.69) is 20.8 Å². The van der Waals surface area contributed by atoms with Gasteiger partial charge in [-0.05, 0) is 29.5 Å². The topological polar surface area (TPSA) is 46.5 Å². The van der Waals surface area contributed by atoms with E-state index >= 15 is 0 Å². The maximum atomic E-state index is 10.3. The monoisotopic (exact) mass is 236 g/mol. The Kier molecular flexibility index (Phi) is 4.55. The lowest BCUT2D eigenvalue weighted by atomic mass is 9.87. The summed E-state index contributed by atoms with van der Waals surface area (Å²) < 4.78 is 5.46. The Bertz CT molecular complexity index is 360. The summed E-state index contributed by atoms with van der Waals surface area (Å²) in [6, 6.07) is 7.96. The van der Waals surface area contributed by atoms with Crippen LogP contribution in [0.2, 0.25) is 0 Å². The Hall–Kier alpha value is -1.51. The van der Waals surface area contributed by atoms with Gasteiger partial charge >= 0.3 is 5.97 Å². The number of hydrogen-bond donors (Lipinski definition) is 1. The lowest BCUT2D eigenvalue weighted by Gasteiger charge is -2.19. The van der Waals surface area contributed by atoms with Gasteiger partial charge in [-0.15, -0.1) is 0 Å². The summed E-state index contributed by atoms with van der Waals surface area (Å²) >= 11 is 0. The quantitative estimate of drug-likeness (QED) is 0.798. The van der Waals surface area contributed by atoms with Crippen molar-refractivity contribution < 1.29 is 14.6 Å². The van der Waals surface area contributed by atoms with E-state index in [9.17, 15) is 4.79 Å². The Labute approximate surface area is 102 Å². The van der Waals surface area contributed by atoms with Crippen LogP contribution in [0.5, 0.6) is 5.75 Å². The lowest BCUT2D eigenvalue weighted by Crippen LogP contribution is -2.10. The first-order valence-corrected chi connectivity index (χ1v) is 5.85. The van der Waals surface area contributed by atoms with Gasteiger partial charge in [-0.1, -0.05) is 32.9 Å². The second-order valence-electron chi connectivity index (χ2n) is 5.12. The molecule has 0 bridgehead atoms. The Morgan fingerprint density at radius 3 is 2.29 bits per heavy atom. The van der Waals surface area contributed by atoms with Gasteiger partial charge in [-0.25, -0.2) is 0 Å². The fourth-order valence-electron chi connectivity index (χ4n) is 1.46. The van der Waals surface area contributed by atoms with Gasteiger partial charge < -0.3 is 9.84 Å². The van der Waals surface area contributed by atoms with Crippen molar-refractivity contribution in [3.05, 3.63) is 29.8 Å². The van der Waals surface area contributed by atoms with Crippen LogP contribution in [0.15, 0.2) is 24.3 Å². The molecule has 3 nitrogen and oxygen atoms in total. The molecule has 94 valence electrons. The van der Waals surface area contributed by atoms with E-state index in [1.54, 1.807) is 0 Å². The molecular formula is C14H20O3. The molecule has 1 aromatic rings. The molecule has 0 atom stereocenters. The number of benzene rings is 1. The van der Waals surface area contributed by atoms with Crippen molar-refractivity contribution in [3.8, 4) is 5.75 Å². The Balaban J connectivity index is 2.43. The molecule has 0 aliphatic heterocycles. The van der Waals surface area contributed by atoms with Crippen LogP contribution in [0.1, 0.15) is 39.2 Å². The van der Waals surface area contributed by atoms with Gasteiger partial charge in [-0.2, -0.15) is 0 Å². The average molecular weight is 236 g/mol. The van der Waals surface area contributed by atoms with Gasteiger partial charge in [0.05, 0.1) is 6.61 Å². The summed E-state index contributed by atoms with van der Waals surface area (Å²) in [5.74, 6) is 0.0140. The zero-order valence-corrected chi connectivity index (χ0v) is 10.7. The minimum Gasteiger partial charge on any atom is -0.494 e. The number of carbonyl (C=O) groups is 1. The van der Waals surface area contributed by atoms with E-state index in [-0.39, 0.29) is 11.8 Å². The summed E-state index contributed by atoms with van der Waals surface area (Å²) in [5, 5.41) is 8.48. The first-order chi connectivity index (χ1) is 7.89. The molecule has 0 spiro atoms. The van der Waals surface area contributed by atoms with E-state index in [1.807, 2.05) is 24.3 Å². The molecule has 1 aromatic carbocycles. The highest BCUT2D eigenvalue weighted by atomic mass is 16.5. The molecule has 17 heavy (non-hydrogen) atoms. The molecule has 0 heterocycles. The molecule has 0 aromatic heterocycles. The van der Waals surface area contributed by atoms with Gasteiger partial charge in [0.25, 0.3) is 0 Å². The van der Waals surface area contributed by atoms with Crippen molar-refractivity contribution in [2.75, 3.05) is 6.61 Å². The van der Waals surface area contributed by atoms with E-state index in [4.69, 9.17) is 9.84 Å². The summed E-state index contributed by atoms with van der Waals surface area (Å²) in [5.41, 5.74) is 1.40. The Morgan fingerprint density at radius 2 is 1.82 bits per heavy atom. The SMILES string of the molecule is CC(C)(C)c1ccc(OCCCC(=O)O)cc1. The molecule has 0 unspecified atom stereocenters. The molecule has 0 amide bonds. The van der Waals surface area contributed by atoms with Gasteiger partial charge in [-0.3, -0.25) is 4.79 Å². The molecule has 3 heteroatoms. The van der Waals surface area contributed by atoms with Gasteiger partial charge in [0.15, 0.2) is 0 Å². The minimum absolute atomic E-state index is 0.141. The third-order valence-corrected chi connectivity index (χ3v) is 2.52. The smallest absolute Gasteiger partial charge is 0.303 e. The fourth-order valence-corrected chi connectivity index (χ4v) is 1.46. The summed E-state index contributed by atoms with van der Waals surface area (Å²) in [7, 11) is 0. The standard InChI is InChI=1S/C14H20O3/c1-14(2,3)11-6-8-12(9-7-11)17-10-4-5-13(15)16/h6-9H,4-5,10H2,1-3H3,(H,15,16). The van der Waals surface area contributed by atoms with Crippen molar-refractivity contribution in [2.45, 2.75) is 39.0 Å². The van der Waals surface area contributed by atoms with Crippen molar-refractivity contribution in [1.82, 2.24) is 0 Å².